The third-order valence-electron chi connectivity index (χ3n) is 4.05. The van der Waals surface area contributed by atoms with Crippen molar-refractivity contribution < 1.29 is 27.2 Å². The lowest BCUT2D eigenvalue weighted by Crippen LogP contribution is -2.19. The van der Waals surface area contributed by atoms with E-state index in [4.69, 9.17) is 9.47 Å². The van der Waals surface area contributed by atoms with E-state index in [-0.39, 0.29) is 24.1 Å². The van der Waals surface area contributed by atoms with Gasteiger partial charge in [-0.25, -0.2) is 9.97 Å². The number of rotatable bonds is 7. The minimum Gasteiger partial charge on any atom is -0.477 e. The third-order valence-corrected chi connectivity index (χ3v) is 5.12. The summed E-state index contributed by atoms with van der Waals surface area (Å²) in [6.07, 6.45) is 1.37. The van der Waals surface area contributed by atoms with E-state index in [2.05, 4.69) is 34.6 Å². The molecule has 0 N–H and O–H groups in total. The summed E-state index contributed by atoms with van der Waals surface area (Å²) >= 11 is 1.20. The van der Waals surface area contributed by atoms with Gasteiger partial charge >= 0.3 is 12.1 Å². The predicted molar refractivity (Wildman–Crippen MR) is 106 cm³/mol. The van der Waals surface area contributed by atoms with Crippen molar-refractivity contribution >= 4 is 23.0 Å². The predicted octanol–water partition coefficient (Wildman–Crippen LogP) is 3.75. The zero-order valence-corrected chi connectivity index (χ0v) is 17.4. The van der Waals surface area contributed by atoms with Crippen LogP contribution in [0.15, 0.2) is 41.4 Å². The molecular formula is C18H14F3N7O3S. The maximum absolute atomic E-state index is 12.7. The van der Waals surface area contributed by atoms with E-state index in [0.29, 0.717) is 16.5 Å². The van der Waals surface area contributed by atoms with Crippen molar-refractivity contribution in [3.05, 3.63) is 47.7 Å². The molecule has 0 aliphatic carbocycles. The van der Waals surface area contributed by atoms with Gasteiger partial charge in [-0.1, -0.05) is 5.16 Å². The van der Waals surface area contributed by atoms with Crippen LogP contribution in [-0.2, 0) is 12.7 Å². The summed E-state index contributed by atoms with van der Waals surface area (Å²) in [6.45, 7) is 0.261. The van der Waals surface area contributed by atoms with Crippen molar-refractivity contribution in [3.8, 4) is 22.5 Å². The number of hydrogen-bond donors (Lipinski definition) is 0. The van der Waals surface area contributed by atoms with E-state index < -0.39 is 12.1 Å². The quantitative estimate of drug-likeness (QED) is 0.400. The summed E-state index contributed by atoms with van der Waals surface area (Å²) in [5.74, 6) is -0.279. The number of aromatic nitrogens is 6. The summed E-state index contributed by atoms with van der Waals surface area (Å²) in [5.41, 5.74) is 0. The summed E-state index contributed by atoms with van der Waals surface area (Å²) in [4.78, 5) is 23.3. The van der Waals surface area contributed by atoms with Crippen LogP contribution in [0.3, 0.4) is 0 Å². The topological polar surface area (TPSA) is 112 Å². The van der Waals surface area contributed by atoms with Crippen LogP contribution in [0.2, 0.25) is 0 Å². The first-order valence-electron chi connectivity index (χ1n) is 8.87. The Morgan fingerprint density at radius 3 is 2.47 bits per heavy atom. The molecule has 0 aromatic carbocycles. The summed E-state index contributed by atoms with van der Waals surface area (Å²) < 4.78 is 52.9. The van der Waals surface area contributed by atoms with Gasteiger partial charge in [0, 0.05) is 17.3 Å². The highest BCUT2D eigenvalue weighted by Crippen LogP contribution is 2.34. The lowest BCUT2D eigenvalue weighted by molar-refractivity contribution is -0.159. The van der Waals surface area contributed by atoms with Crippen LogP contribution < -0.4 is 14.4 Å². The normalized spacial score (nSPS) is 11.4. The number of alkyl halides is 3. The second-order valence-electron chi connectivity index (χ2n) is 6.08. The van der Waals surface area contributed by atoms with Gasteiger partial charge in [-0.15, -0.1) is 11.3 Å². The Balaban J connectivity index is 1.65. The first kappa shape index (κ1) is 21.4. The maximum Gasteiger partial charge on any atom is 0.471 e. The second kappa shape index (κ2) is 8.74. The van der Waals surface area contributed by atoms with Crippen molar-refractivity contribution in [2.45, 2.75) is 12.7 Å². The van der Waals surface area contributed by atoms with Crippen LogP contribution in [0.1, 0.15) is 10.8 Å². The molecule has 0 aliphatic rings. The van der Waals surface area contributed by atoms with E-state index in [0.717, 1.165) is 4.88 Å². The fraction of sp³-hybridized carbons (Fsp3) is 0.222. The highest BCUT2D eigenvalue weighted by Gasteiger charge is 2.38. The van der Waals surface area contributed by atoms with Gasteiger partial charge in [0.1, 0.15) is 0 Å². The molecule has 166 valence electrons. The molecule has 4 heterocycles. The molecule has 0 unspecified atom stereocenters. The minimum absolute atomic E-state index is 0.148. The van der Waals surface area contributed by atoms with Crippen LogP contribution >= 0.6 is 11.3 Å². The molecule has 4 aromatic rings. The van der Waals surface area contributed by atoms with Crippen LogP contribution in [0.4, 0.5) is 24.8 Å². The van der Waals surface area contributed by atoms with Crippen LogP contribution in [0, 0.1) is 0 Å². The fourth-order valence-electron chi connectivity index (χ4n) is 2.64. The monoisotopic (exact) mass is 465 g/mol. The molecule has 4 aromatic heterocycles. The zero-order valence-electron chi connectivity index (χ0n) is 16.6. The number of thiophene rings is 1. The van der Waals surface area contributed by atoms with Crippen LogP contribution in [-0.4, -0.2) is 44.3 Å². The second-order valence-corrected chi connectivity index (χ2v) is 7.25. The SMILES string of the molecule is COc1ncc(N(Cc2ccc(-c3noc(C(F)(F)F)n3)s2)c2cnccn2)nc1OC. The highest BCUT2D eigenvalue weighted by atomic mass is 32.1. The van der Waals surface area contributed by atoms with Gasteiger partial charge < -0.3 is 18.9 Å². The number of nitrogens with zero attached hydrogens (tertiary/aromatic N) is 7. The van der Waals surface area contributed by atoms with Gasteiger partial charge in [-0.05, 0) is 12.1 Å². The number of ether oxygens (including phenoxy) is 2. The average Bonchev–Trinajstić information content (AvgIpc) is 3.47. The number of hydrogen-bond acceptors (Lipinski definition) is 11. The lowest BCUT2D eigenvalue weighted by atomic mass is 10.3. The summed E-state index contributed by atoms with van der Waals surface area (Å²) in [7, 11) is 2.89. The van der Waals surface area contributed by atoms with Gasteiger partial charge in [0.25, 0.3) is 11.8 Å². The van der Waals surface area contributed by atoms with Crippen molar-refractivity contribution in [1.29, 1.82) is 0 Å². The Morgan fingerprint density at radius 1 is 1.00 bits per heavy atom. The van der Waals surface area contributed by atoms with Crippen molar-refractivity contribution in [2.24, 2.45) is 0 Å². The third kappa shape index (κ3) is 4.44. The van der Waals surface area contributed by atoms with Crippen LogP contribution in [0.25, 0.3) is 10.7 Å². The van der Waals surface area contributed by atoms with Crippen molar-refractivity contribution in [3.63, 3.8) is 0 Å². The number of anilines is 2. The molecule has 0 bridgehead atoms. The molecule has 0 fully saturated rings. The molecule has 0 amide bonds. The molecule has 10 nitrogen and oxygen atoms in total. The molecule has 0 aliphatic heterocycles. The van der Waals surface area contributed by atoms with Gasteiger partial charge in [-0.2, -0.15) is 23.1 Å². The Bertz CT molecular complexity index is 1200. The van der Waals surface area contributed by atoms with Crippen molar-refractivity contribution in [2.75, 3.05) is 19.1 Å². The van der Waals surface area contributed by atoms with E-state index in [1.165, 1.54) is 44.1 Å². The summed E-state index contributed by atoms with van der Waals surface area (Å²) in [6, 6.07) is 3.35. The Labute approximate surface area is 182 Å². The molecule has 14 heteroatoms. The first-order valence-corrected chi connectivity index (χ1v) is 9.69. The Kier molecular flexibility index (Phi) is 5.85. The molecule has 0 saturated carbocycles. The minimum atomic E-state index is -4.71. The van der Waals surface area contributed by atoms with E-state index >= 15 is 0 Å². The standard InChI is InChI=1S/C18H14F3N7O3S/c1-29-15-16(30-2)25-13(8-24-15)28(12-7-22-5-6-23-12)9-10-3-4-11(32-10)14-26-17(31-27-14)18(19,20)21/h3-8H,9H2,1-2H3. The number of methoxy groups -OCH3 is 2. The van der Waals surface area contributed by atoms with Gasteiger partial charge in [0.15, 0.2) is 11.6 Å². The van der Waals surface area contributed by atoms with E-state index in [1.807, 2.05) is 0 Å². The fourth-order valence-corrected chi connectivity index (χ4v) is 3.57. The Morgan fingerprint density at radius 2 is 1.81 bits per heavy atom. The molecule has 0 atom stereocenters. The molecule has 0 spiro atoms. The van der Waals surface area contributed by atoms with Crippen molar-refractivity contribution in [1.82, 2.24) is 30.1 Å². The van der Waals surface area contributed by atoms with Gasteiger partial charge in [0.05, 0.1) is 38.0 Å². The average molecular weight is 465 g/mol. The maximum atomic E-state index is 12.7. The summed E-state index contributed by atoms with van der Waals surface area (Å²) in [5, 5.41) is 3.42. The Hall–Kier alpha value is -3.81. The molecule has 32 heavy (non-hydrogen) atoms. The van der Waals surface area contributed by atoms with E-state index in [9.17, 15) is 13.2 Å². The lowest BCUT2D eigenvalue weighted by Gasteiger charge is -2.22. The molecule has 0 saturated heterocycles. The first-order chi connectivity index (χ1) is 15.4. The zero-order chi connectivity index (χ0) is 22.7. The van der Waals surface area contributed by atoms with Gasteiger partial charge in [0.2, 0.25) is 5.82 Å². The van der Waals surface area contributed by atoms with E-state index in [1.54, 1.807) is 23.2 Å². The molecule has 0 radical (unpaired) electrons. The smallest absolute Gasteiger partial charge is 0.471 e. The largest absolute Gasteiger partial charge is 0.477 e. The molecule has 4 rings (SSSR count). The van der Waals surface area contributed by atoms with Crippen LogP contribution in [0.5, 0.6) is 11.8 Å². The van der Waals surface area contributed by atoms with Gasteiger partial charge in [-0.3, -0.25) is 4.98 Å². The number of halogens is 3. The molecular weight excluding hydrogens is 451 g/mol. The highest BCUT2D eigenvalue weighted by molar-refractivity contribution is 7.15.